The van der Waals surface area contributed by atoms with Crippen LogP contribution in [0.25, 0.3) is 33.7 Å². The Hall–Kier alpha value is -3.87. The summed E-state index contributed by atoms with van der Waals surface area (Å²) >= 11 is 0. The van der Waals surface area contributed by atoms with E-state index in [1.54, 1.807) is 0 Å². The molecule has 0 saturated heterocycles. The van der Waals surface area contributed by atoms with Crippen LogP contribution in [0.1, 0.15) is 24.7 Å². The number of aromatic amines is 1. The number of aromatic nitrogens is 7. The smallest absolute Gasteiger partial charge is 0.205 e. The number of nitrogens with one attached hydrogen (secondary N) is 1. The summed E-state index contributed by atoms with van der Waals surface area (Å²) in [6.07, 6.45) is 3.76. The maximum Gasteiger partial charge on any atom is 0.205 e. The Bertz CT molecular complexity index is 1270. The lowest BCUT2D eigenvalue weighted by atomic mass is 9.97. The summed E-state index contributed by atoms with van der Waals surface area (Å²) in [5.41, 5.74) is 6.11. The van der Waals surface area contributed by atoms with Crippen LogP contribution in [0.15, 0.2) is 66.9 Å². The van der Waals surface area contributed by atoms with Crippen molar-refractivity contribution in [3.05, 3.63) is 78.2 Å². The number of imidazole rings is 1. The Labute approximate surface area is 173 Å². The Morgan fingerprint density at radius 3 is 2.67 bits per heavy atom. The molecule has 0 atom stereocenters. The normalized spacial score (nSPS) is 11.2. The van der Waals surface area contributed by atoms with Crippen LogP contribution in [0.3, 0.4) is 0 Å². The topological polar surface area (TPSA) is 85.2 Å². The van der Waals surface area contributed by atoms with Crippen LogP contribution < -0.4 is 0 Å². The third-order valence-corrected chi connectivity index (χ3v) is 5.15. The molecule has 0 radical (unpaired) electrons. The van der Waals surface area contributed by atoms with E-state index < -0.39 is 0 Å². The summed E-state index contributed by atoms with van der Waals surface area (Å²) in [4.78, 5) is 9.38. The third-order valence-electron chi connectivity index (χ3n) is 5.15. The Kier molecular flexibility index (Phi) is 4.77. The fraction of sp³-hybridized carbons (Fsp3) is 0.174. The first-order valence-electron chi connectivity index (χ1n) is 10.1. The summed E-state index contributed by atoms with van der Waals surface area (Å²) in [6, 6.07) is 20.6. The summed E-state index contributed by atoms with van der Waals surface area (Å²) in [5, 5.41) is 14.8. The van der Waals surface area contributed by atoms with Gasteiger partial charge in [0, 0.05) is 18.2 Å². The highest BCUT2D eigenvalue weighted by Crippen LogP contribution is 2.31. The van der Waals surface area contributed by atoms with Gasteiger partial charge in [0.05, 0.1) is 6.54 Å². The van der Waals surface area contributed by atoms with Crippen molar-refractivity contribution in [1.29, 1.82) is 0 Å². The zero-order valence-corrected chi connectivity index (χ0v) is 16.7. The van der Waals surface area contributed by atoms with Crippen molar-refractivity contribution in [2.45, 2.75) is 26.3 Å². The molecular formula is C23H21N7. The van der Waals surface area contributed by atoms with Crippen molar-refractivity contribution >= 4 is 11.2 Å². The van der Waals surface area contributed by atoms with Crippen LogP contribution in [0, 0.1) is 0 Å². The number of aryl methyl sites for hydroxylation is 1. The van der Waals surface area contributed by atoms with E-state index in [-0.39, 0.29) is 0 Å². The van der Waals surface area contributed by atoms with Crippen molar-refractivity contribution in [3.63, 3.8) is 0 Å². The number of benzene rings is 2. The van der Waals surface area contributed by atoms with Crippen molar-refractivity contribution in [1.82, 2.24) is 35.2 Å². The molecule has 0 aliphatic heterocycles. The first kappa shape index (κ1) is 18.2. The van der Waals surface area contributed by atoms with E-state index in [0.717, 1.165) is 52.1 Å². The predicted molar refractivity (Wildman–Crippen MR) is 116 cm³/mol. The number of tetrazole rings is 1. The van der Waals surface area contributed by atoms with Gasteiger partial charge in [0.15, 0.2) is 5.65 Å². The van der Waals surface area contributed by atoms with Crippen LogP contribution in [-0.2, 0) is 13.0 Å². The molecule has 0 aliphatic carbocycles. The number of hydrogen-bond acceptors (Lipinski definition) is 5. The van der Waals surface area contributed by atoms with Gasteiger partial charge in [-0.15, -0.1) is 10.2 Å². The van der Waals surface area contributed by atoms with E-state index in [9.17, 15) is 0 Å². The zero-order chi connectivity index (χ0) is 20.3. The molecule has 30 heavy (non-hydrogen) atoms. The van der Waals surface area contributed by atoms with Gasteiger partial charge in [-0.1, -0.05) is 49.4 Å². The minimum atomic E-state index is 0.582. The molecule has 5 aromatic rings. The van der Waals surface area contributed by atoms with Crippen molar-refractivity contribution in [2.24, 2.45) is 0 Å². The number of fused-ring (bicyclic) bond motifs is 1. The molecule has 0 saturated carbocycles. The Morgan fingerprint density at radius 2 is 1.87 bits per heavy atom. The molecule has 3 aromatic heterocycles. The number of nitrogens with zero attached hydrogens (tertiary/aromatic N) is 6. The second-order valence-electron chi connectivity index (χ2n) is 7.19. The molecule has 2 aromatic carbocycles. The van der Waals surface area contributed by atoms with Crippen molar-refractivity contribution < 1.29 is 0 Å². The fourth-order valence-electron chi connectivity index (χ4n) is 3.79. The molecule has 0 unspecified atom stereocenters. The average Bonchev–Trinajstić information content (AvgIpc) is 3.44. The number of hydrogen-bond donors (Lipinski definition) is 1. The van der Waals surface area contributed by atoms with Crippen LogP contribution >= 0.6 is 0 Å². The summed E-state index contributed by atoms with van der Waals surface area (Å²) in [6.45, 7) is 2.85. The highest BCUT2D eigenvalue weighted by molar-refractivity contribution is 5.81. The van der Waals surface area contributed by atoms with Gasteiger partial charge in [0.1, 0.15) is 11.3 Å². The lowest BCUT2D eigenvalue weighted by Gasteiger charge is -2.12. The molecule has 7 heteroatoms. The fourth-order valence-corrected chi connectivity index (χ4v) is 3.79. The summed E-state index contributed by atoms with van der Waals surface area (Å²) in [7, 11) is 0. The maximum atomic E-state index is 4.80. The molecule has 5 rings (SSSR count). The highest BCUT2D eigenvalue weighted by Gasteiger charge is 2.15. The zero-order valence-electron chi connectivity index (χ0n) is 16.7. The molecule has 0 amide bonds. The first-order chi connectivity index (χ1) is 14.8. The van der Waals surface area contributed by atoms with Gasteiger partial charge in [-0.05, 0) is 46.5 Å². The van der Waals surface area contributed by atoms with Crippen LogP contribution in [0.4, 0.5) is 0 Å². The molecule has 0 bridgehead atoms. The van der Waals surface area contributed by atoms with Gasteiger partial charge in [-0.2, -0.15) is 5.21 Å². The number of pyridine rings is 1. The van der Waals surface area contributed by atoms with Gasteiger partial charge >= 0.3 is 0 Å². The Balaban J connectivity index is 1.61. The van der Waals surface area contributed by atoms with E-state index in [4.69, 9.17) is 4.98 Å². The van der Waals surface area contributed by atoms with Gasteiger partial charge in [0.25, 0.3) is 0 Å². The van der Waals surface area contributed by atoms with Crippen molar-refractivity contribution in [3.8, 4) is 22.5 Å². The molecule has 0 fully saturated rings. The van der Waals surface area contributed by atoms with Gasteiger partial charge in [0.2, 0.25) is 5.82 Å². The van der Waals surface area contributed by atoms with Crippen LogP contribution in [-0.4, -0.2) is 35.2 Å². The van der Waals surface area contributed by atoms with E-state index in [1.165, 1.54) is 0 Å². The minimum Gasteiger partial charge on any atom is -0.308 e. The number of H-pyrrole nitrogens is 1. The average molecular weight is 395 g/mol. The standard InChI is InChI=1S/C23H21N7/c1-2-7-21-25-20-10-6-13-24-23(20)30(21)15-16-11-12-18(17-8-4-3-5-9-17)19(14-16)22-26-28-29-27-22/h3-6,8-14H,2,7,15H2,1H3,(H,26,27,28,29). The summed E-state index contributed by atoms with van der Waals surface area (Å²) < 4.78 is 2.20. The molecule has 0 aliphatic rings. The lowest BCUT2D eigenvalue weighted by molar-refractivity contribution is 0.717. The monoisotopic (exact) mass is 395 g/mol. The lowest BCUT2D eigenvalue weighted by Crippen LogP contribution is -2.06. The molecule has 0 spiro atoms. The van der Waals surface area contributed by atoms with E-state index in [2.05, 4.69) is 67.4 Å². The largest absolute Gasteiger partial charge is 0.308 e. The van der Waals surface area contributed by atoms with E-state index in [1.807, 2.05) is 36.5 Å². The third kappa shape index (κ3) is 3.34. The van der Waals surface area contributed by atoms with Gasteiger partial charge in [-0.3, -0.25) is 0 Å². The second kappa shape index (κ2) is 7.87. The van der Waals surface area contributed by atoms with Crippen LogP contribution in [0.2, 0.25) is 0 Å². The SMILES string of the molecule is CCCc1nc2cccnc2n1Cc1ccc(-c2ccccc2)c(-c2nn[nH]n2)c1. The quantitative estimate of drug-likeness (QED) is 0.464. The first-order valence-corrected chi connectivity index (χ1v) is 10.1. The predicted octanol–water partition coefficient (Wildman–Crippen LogP) is 4.28. The van der Waals surface area contributed by atoms with E-state index in [0.29, 0.717) is 12.4 Å². The van der Waals surface area contributed by atoms with Crippen molar-refractivity contribution in [2.75, 3.05) is 0 Å². The van der Waals surface area contributed by atoms with E-state index >= 15 is 0 Å². The van der Waals surface area contributed by atoms with Gasteiger partial charge < -0.3 is 4.57 Å². The molecule has 3 heterocycles. The molecule has 7 nitrogen and oxygen atoms in total. The number of rotatable bonds is 6. The van der Waals surface area contributed by atoms with Gasteiger partial charge in [-0.25, -0.2) is 9.97 Å². The summed E-state index contributed by atoms with van der Waals surface area (Å²) in [5.74, 6) is 1.64. The molecule has 148 valence electrons. The van der Waals surface area contributed by atoms with Crippen LogP contribution in [0.5, 0.6) is 0 Å². The highest BCUT2D eigenvalue weighted by atomic mass is 15.5. The minimum absolute atomic E-state index is 0.582. The molecular weight excluding hydrogens is 374 g/mol. The Morgan fingerprint density at radius 1 is 0.967 bits per heavy atom. The molecule has 1 N–H and O–H groups in total. The maximum absolute atomic E-state index is 4.80. The second-order valence-corrected chi connectivity index (χ2v) is 7.19.